The van der Waals surface area contributed by atoms with Gasteiger partial charge in [-0.3, -0.25) is 14.5 Å². The summed E-state index contributed by atoms with van der Waals surface area (Å²) in [7, 11) is 0. The normalized spacial score (nSPS) is 22.4. The molecule has 8 nitrogen and oxygen atoms in total. The zero-order valence-electron chi connectivity index (χ0n) is 15.4. The summed E-state index contributed by atoms with van der Waals surface area (Å²) in [5, 5.41) is 9.48. The number of piperazine rings is 1. The van der Waals surface area contributed by atoms with Gasteiger partial charge in [0.1, 0.15) is 5.76 Å². The monoisotopic (exact) mass is 381 g/mol. The number of anilines is 1. The van der Waals surface area contributed by atoms with Gasteiger partial charge in [-0.15, -0.1) is 11.8 Å². The molecular formula is C17H27N5O3S. The van der Waals surface area contributed by atoms with Crippen LogP contribution in [-0.4, -0.2) is 83.1 Å². The maximum absolute atomic E-state index is 12.5. The third kappa shape index (κ3) is 4.99. The Labute approximate surface area is 158 Å². The predicted molar refractivity (Wildman–Crippen MR) is 101 cm³/mol. The minimum absolute atomic E-state index is 0.115. The van der Waals surface area contributed by atoms with Crippen molar-refractivity contribution in [1.82, 2.24) is 20.3 Å². The maximum Gasteiger partial charge on any atom is 0.238 e. The number of nitrogens with zero attached hydrogens (tertiary/aromatic N) is 3. The molecule has 3 heterocycles. The fourth-order valence-corrected chi connectivity index (χ4v) is 4.12. The number of thioether (sulfide) groups is 1. The van der Waals surface area contributed by atoms with E-state index in [4.69, 9.17) is 4.52 Å². The van der Waals surface area contributed by atoms with E-state index in [0.29, 0.717) is 23.4 Å². The van der Waals surface area contributed by atoms with Crippen LogP contribution in [0, 0.1) is 6.92 Å². The van der Waals surface area contributed by atoms with E-state index in [1.54, 1.807) is 19.9 Å². The number of carbonyl (C=O) groups is 2. The van der Waals surface area contributed by atoms with Gasteiger partial charge in [-0.1, -0.05) is 5.16 Å². The zero-order chi connectivity index (χ0) is 18.5. The van der Waals surface area contributed by atoms with Gasteiger partial charge < -0.3 is 20.1 Å². The first-order valence-corrected chi connectivity index (χ1v) is 10.2. The van der Waals surface area contributed by atoms with Crippen LogP contribution in [-0.2, 0) is 9.59 Å². The minimum atomic E-state index is -0.331. The third-order valence-electron chi connectivity index (χ3n) is 4.89. The average molecular weight is 382 g/mol. The summed E-state index contributed by atoms with van der Waals surface area (Å²) < 4.78 is 4.93. The lowest BCUT2D eigenvalue weighted by Gasteiger charge is -2.32. The standard InChI is InChI=1S/C17H27N5O3S/c1-12-9-15(20-25-12)19-17(24)13(2)26-11-16(23)22-6-3-14(10-22)21-7-4-18-5-8-21/h9,13-14,18H,3-8,10-11H2,1-2H3,(H,19,20,24). The lowest BCUT2D eigenvalue weighted by Crippen LogP contribution is -2.49. The van der Waals surface area contributed by atoms with Crippen LogP contribution >= 0.6 is 11.8 Å². The summed E-state index contributed by atoms with van der Waals surface area (Å²) >= 11 is 1.36. The average Bonchev–Trinajstić information content (AvgIpc) is 3.29. The Morgan fingerprint density at radius 3 is 2.88 bits per heavy atom. The zero-order valence-corrected chi connectivity index (χ0v) is 16.2. The Morgan fingerprint density at radius 1 is 1.42 bits per heavy atom. The quantitative estimate of drug-likeness (QED) is 0.744. The van der Waals surface area contributed by atoms with Crippen LogP contribution in [0.4, 0.5) is 5.82 Å². The molecule has 3 rings (SSSR count). The summed E-state index contributed by atoms with van der Waals surface area (Å²) in [6, 6.07) is 2.14. The highest BCUT2D eigenvalue weighted by molar-refractivity contribution is 8.01. The van der Waals surface area contributed by atoms with Crippen LogP contribution in [0.5, 0.6) is 0 Å². The van der Waals surface area contributed by atoms with E-state index in [2.05, 4.69) is 20.7 Å². The fourth-order valence-electron chi connectivity index (χ4n) is 3.33. The number of amides is 2. The summed E-state index contributed by atoms with van der Waals surface area (Å²) in [4.78, 5) is 29.1. The number of carbonyl (C=O) groups excluding carboxylic acids is 2. The number of hydrogen-bond donors (Lipinski definition) is 2. The fraction of sp³-hybridized carbons (Fsp3) is 0.706. The Bertz CT molecular complexity index is 632. The van der Waals surface area contributed by atoms with Crippen LogP contribution < -0.4 is 10.6 Å². The van der Waals surface area contributed by atoms with E-state index < -0.39 is 0 Å². The lowest BCUT2D eigenvalue weighted by atomic mass is 10.2. The molecule has 0 aliphatic carbocycles. The molecule has 1 aromatic rings. The molecular weight excluding hydrogens is 354 g/mol. The van der Waals surface area contributed by atoms with Crippen molar-refractivity contribution in [1.29, 1.82) is 0 Å². The number of likely N-dealkylation sites (tertiary alicyclic amines) is 1. The summed E-state index contributed by atoms with van der Waals surface area (Å²) in [6.07, 6.45) is 1.04. The van der Waals surface area contributed by atoms with E-state index in [9.17, 15) is 9.59 Å². The van der Waals surface area contributed by atoms with Gasteiger partial charge in [-0.2, -0.15) is 0 Å². The van der Waals surface area contributed by atoms with Crippen molar-refractivity contribution in [2.75, 3.05) is 50.3 Å². The van der Waals surface area contributed by atoms with Crippen LogP contribution in [0.15, 0.2) is 10.6 Å². The highest BCUT2D eigenvalue weighted by atomic mass is 32.2. The van der Waals surface area contributed by atoms with Gasteiger partial charge in [0, 0.05) is 51.4 Å². The minimum Gasteiger partial charge on any atom is -0.360 e. The predicted octanol–water partition coefficient (Wildman–Crippen LogP) is 0.549. The van der Waals surface area contributed by atoms with Crippen LogP contribution in [0.2, 0.25) is 0 Å². The largest absolute Gasteiger partial charge is 0.360 e. The van der Waals surface area contributed by atoms with Crippen LogP contribution in [0.1, 0.15) is 19.1 Å². The number of hydrogen-bond acceptors (Lipinski definition) is 7. The number of aryl methyl sites for hydroxylation is 1. The second-order valence-corrected chi connectivity index (χ2v) is 8.16. The number of nitrogens with one attached hydrogen (secondary N) is 2. The van der Waals surface area contributed by atoms with Crippen molar-refractivity contribution in [3.63, 3.8) is 0 Å². The molecule has 0 radical (unpaired) electrons. The van der Waals surface area contributed by atoms with Gasteiger partial charge >= 0.3 is 0 Å². The molecule has 0 aromatic carbocycles. The van der Waals surface area contributed by atoms with E-state index in [-0.39, 0.29) is 17.1 Å². The molecule has 0 saturated carbocycles. The molecule has 9 heteroatoms. The van der Waals surface area contributed by atoms with Gasteiger partial charge in [-0.05, 0) is 20.3 Å². The summed E-state index contributed by atoms with van der Waals surface area (Å²) in [5.41, 5.74) is 0. The number of aromatic nitrogens is 1. The second kappa shape index (κ2) is 8.88. The van der Waals surface area contributed by atoms with Crippen molar-refractivity contribution in [2.24, 2.45) is 0 Å². The van der Waals surface area contributed by atoms with Gasteiger partial charge in [0.15, 0.2) is 5.82 Å². The molecule has 2 fully saturated rings. The van der Waals surface area contributed by atoms with E-state index in [1.807, 2.05) is 4.90 Å². The van der Waals surface area contributed by atoms with Crippen molar-refractivity contribution >= 4 is 29.4 Å². The molecule has 0 spiro atoms. The first kappa shape index (κ1) is 19.2. The van der Waals surface area contributed by atoms with Crippen molar-refractivity contribution in [3.8, 4) is 0 Å². The van der Waals surface area contributed by atoms with E-state index in [0.717, 1.165) is 45.7 Å². The maximum atomic E-state index is 12.5. The first-order valence-electron chi connectivity index (χ1n) is 9.11. The smallest absolute Gasteiger partial charge is 0.238 e. The topological polar surface area (TPSA) is 90.7 Å². The Kier molecular flexibility index (Phi) is 6.55. The molecule has 2 amide bonds. The Morgan fingerprint density at radius 2 is 2.19 bits per heavy atom. The van der Waals surface area contributed by atoms with Gasteiger partial charge in [0.25, 0.3) is 0 Å². The summed E-state index contributed by atoms with van der Waals surface area (Å²) in [6.45, 7) is 9.35. The highest BCUT2D eigenvalue weighted by Crippen LogP contribution is 2.19. The molecule has 2 aliphatic rings. The third-order valence-corrected chi connectivity index (χ3v) is 6.02. The molecule has 2 aliphatic heterocycles. The first-order chi connectivity index (χ1) is 12.5. The number of rotatable bonds is 6. The molecule has 26 heavy (non-hydrogen) atoms. The molecule has 2 N–H and O–H groups in total. The highest BCUT2D eigenvalue weighted by Gasteiger charge is 2.31. The van der Waals surface area contributed by atoms with Gasteiger partial charge in [-0.25, -0.2) is 0 Å². The molecule has 1 aromatic heterocycles. The second-order valence-electron chi connectivity index (χ2n) is 6.83. The van der Waals surface area contributed by atoms with Crippen LogP contribution in [0.3, 0.4) is 0 Å². The van der Waals surface area contributed by atoms with E-state index in [1.165, 1.54) is 11.8 Å². The van der Waals surface area contributed by atoms with Crippen LogP contribution in [0.25, 0.3) is 0 Å². The molecule has 144 valence electrons. The molecule has 2 saturated heterocycles. The molecule has 2 unspecified atom stereocenters. The molecule has 0 bridgehead atoms. The SMILES string of the molecule is Cc1cc(NC(=O)C(C)SCC(=O)N2CCC(N3CCNCC3)C2)no1. The lowest BCUT2D eigenvalue weighted by molar-refractivity contribution is -0.127. The van der Waals surface area contributed by atoms with Gasteiger partial charge in [0.2, 0.25) is 11.8 Å². The van der Waals surface area contributed by atoms with E-state index >= 15 is 0 Å². The van der Waals surface area contributed by atoms with Crippen molar-refractivity contribution < 1.29 is 14.1 Å². The van der Waals surface area contributed by atoms with Crippen molar-refractivity contribution in [3.05, 3.63) is 11.8 Å². The van der Waals surface area contributed by atoms with Crippen molar-refractivity contribution in [2.45, 2.75) is 31.6 Å². The Hall–Kier alpha value is -1.58. The van der Waals surface area contributed by atoms with Gasteiger partial charge in [0.05, 0.1) is 11.0 Å². The summed E-state index contributed by atoms with van der Waals surface area (Å²) in [5.74, 6) is 1.31. The molecule has 2 atom stereocenters. The Balaban J connectivity index is 1.39.